The number of anilines is 1. The number of nitrogens with zero attached hydrogens (tertiary/aromatic N) is 4. The number of fused-ring (bicyclic) bond motifs is 1. The summed E-state index contributed by atoms with van der Waals surface area (Å²) in [5.41, 5.74) is 0.421. The van der Waals surface area contributed by atoms with Crippen LogP contribution in [0.1, 0.15) is 38.6 Å². The summed E-state index contributed by atoms with van der Waals surface area (Å²) < 4.78 is 2.74. The summed E-state index contributed by atoms with van der Waals surface area (Å²) in [5, 5.41) is 25.5. The molecule has 29 heavy (non-hydrogen) atoms. The van der Waals surface area contributed by atoms with Crippen molar-refractivity contribution in [1.29, 1.82) is 0 Å². The molecule has 1 aliphatic carbocycles. The second kappa shape index (κ2) is 7.42. The average Bonchev–Trinajstić information content (AvgIpc) is 3.45. The lowest BCUT2D eigenvalue weighted by atomic mass is 10.1. The summed E-state index contributed by atoms with van der Waals surface area (Å²) >= 11 is 1.58. The highest BCUT2D eigenvalue weighted by Gasteiger charge is 2.31. The molecule has 1 aliphatic heterocycles. The van der Waals surface area contributed by atoms with E-state index in [1.165, 1.54) is 0 Å². The highest BCUT2D eigenvalue weighted by atomic mass is 32.1. The second-order valence-corrected chi connectivity index (χ2v) is 8.90. The maximum Gasteiger partial charge on any atom is 0.297 e. The molecule has 8 heteroatoms. The minimum Gasteiger partial charge on any atom is -0.507 e. The molecule has 1 atom stereocenters. The molecule has 0 spiro atoms. The van der Waals surface area contributed by atoms with Crippen molar-refractivity contribution in [3.63, 3.8) is 0 Å². The molecule has 0 unspecified atom stereocenters. The molecule has 2 fully saturated rings. The third-order valence-electron chi connectivity index (χ3n) is 5.95. The largest absolute Gasteiger partial charge is 0.507 e. The number of likely N-dealkylation sites (tertiary alicyclic amines) is 1. The van der Waals surface area contributed by atoms with Gasteiger partial charge in [0.15, 0.2) is 5.82 Å². The zero-order valence-electron chi connectivity index (χ0n) is 16.5. The predicted octanol–water partition coefficient (Wildman–Crippen LogP) is 3.46. The highest BCUT2D eigenvalue weighted by molar-refractivity contribution is 7.17. The molecule has 3 aromatic rings. The van der Waals surface area contributed by atoms with Gasteiger partial charge in [-0.1, -0.05) is 6.92 Å². The predicted molar refractivity (Wildman–Crippen MR) is 116 cm³/mol. The van der Waals surface area contributed by atoms with Crippen molar-refractivity contribution in [3.05, 3.63) is 33.9 Å². The van der Waals surface area contributed by atoms with Crippen LogP contribution in [0.5, 0.6) is 5.75 Å². The molecule has 7 nitrogen and oxygen atoms in total. The van der Waals surface area contributed by atoms with Gasteiger partial charge in [-0.3, -0.25) is 9.36 Å². The molecule has 152 valence electrons. The number of aromatic nitrogens is 3. The first-order chi connectivity index (χ1) is 14.2. The molecule has 0 bridgehead atoms. The van der Waals surface area contributed by atoms with Gasteiger partial charge < -0.3 is 15.3 Å². The van der Waals surface area contributed by atoms with Crippen molar-refractivity contribution in [2.45, 2.75) is 44.7 Å². The number of phenols is 1. The van der Waals surface area contributed by atoms with Crippen molar-refractivity contribution in [2.24, 2.45) is 0 Å². The van der Waals surface area contributed by atoms with Crippen molar-refractivity contribution < 1.29 is 5.11 Å². The smallest absolute Gasteiger partial charge is 0.297 e. The van der Waals surface area contributed by atoms with Crippen LogP contribution in [-0.2, 0) is 0 Å². The minimum atomic E-state index is -0.143. The van der Waals surface area contributed by atoms with Gasteiger partial charge in [0.05, 0.1) is 5.56 Å². The van der Waals surface area contributed by atoms with Gasteiger partial charge in [0, 0.05) is 28.7 Å². The van der Waals surface area contributed by atoms with E-state index in [-0.39, 0.29) is 23.4 Å². The Balaban J connectivity index is 1.53. The Morgan fingerprint density at radius 3 is 2.90 bits per heavy atom. The van der Waals surface area contributed by atoms with Crippen LogP contribution in [0.25, 0.3) is 21.5 Å². The van der Waals surface area contributed by atoms with Crippen LogP contribution in [0.4, 0.5) is 5.82 Å². The molecule has 1 saturated carbocycles. The first-order valence-electron chi connectivity index (χ1n) is 10.3. The molecule has 1 aromatic carbocycles. The van der Waals surface area contributed by atoms with Gasteiger partial charge in [-0.05, 0) is 62.4 Å². The summed E-state index contributed by atoms with van der Waals surface area (Å²) in [6, 6.07) is 6.03. The maximum atomic E-state index is 13.3. The third-order valence-corrected chi connectivity index (χ3v) is 6.83. The molecule has 0 amide bonds. The van der Waals surface area contributed by atoms with E-state index in [1.807, 2.05) is 23.6 Å². The van der Waals surface area contributed by atoms with Crippen LogP contribution in [0, 0.1) is 0 Å². The van der Waals surface area contributed by atoms with E-state index in [0.717, 1.165) is 55.4 Å². The van der Waals surface area contributed by atoms with Crippen LogP contribution >= 0.6 is 11.3 Å². The summed E-state index contributed by atoms with van der Waals surface area (Å²) in [5.74, 6) is 0.936. The first-order valence-corrected chi connectivity index (χ1v) is 11.2. The fourth-order valence-electron chi connectivity index (χ4n) is 4.21. The van der Waals surface area contributed by atoms with Crippen LogP contribution < -0.4 is 10.9 Å². The Hall–Kier alpha value is -2.45. The number of likely N-dealkylation sites (N-methyl/N-ethyl adjacent to an activating group) is 1. The molecule has 0 radical (unpaired) electrons. The fourth-order valence-corrected chi connectivity index (χ4v) is 5.00. The van der Waals surface area contributed by atoms with Crippen molar-refractivity contribution in [2.75, 3.05) is 25.0 Å². The quantitative estimate of drug-likeness (QED) is 0.669. The second-order valence-electron chi connectivity index (χ2n) is 7.95. The molecular weight excluding hydrogens is 386 g/mol. The normalized spacial score (nSPS) is 20.2. The van der Waals surface area contributed by atoms with Crippen molar-refractivity contribution in [1.82, 2.24) is 19.7 Å². The van der Waals surface area contributed by atoms with Gasteiger partial charge in [0.1, 0.15) is 5.75 Å². The molecule has 3 heterocycles. The van der Waals surface area contributed by atoms with Crippen LogP contribution in [0.3, 0.4) is 0 Å². The Morgan fingerprint density at radius 1 is 1.24 bits per heavy atom. The summed E-state index contributed by atoms with van der Waals surface area (Å²) in [7, 11) is 0. The van der Waals surface area contributed by atoms with E-state index in [2.05, 4.69) is 27.3 Å². The number of rotatable bonds is 5. The topological polar surface area (TPSA) is 83.3 Å². The van der Waals surface area contributed by atoms with Gasteiger partial charge in [0.2, 0.25) is 5.82 Å². The lowest BCUT2D eigenvalue weighted by Crippen LogP contribution is -2.43. The summed E-state index contributed by atoms with van der Waals surface area (Å²) in [6.07, 6.45) is 4.04. The van der Waals surface area contributed by atoms with E-state index in [9.17, 15) is 9.90 Å². The van der Waals surface area contributed by atoms with Crippen LogP contribution in [0.15, 0.2) is 28.4 Å². The van der Waals surface area contributed by atoms with Gasteiger partial charge in [-0.15, -0.1) is 21.5 Å². The zero-order valence-corrected chi connectivity index (χ0v) is 17.3. The lowest BCUT2D eigenvalue weighted by Gasteiger charge is -2.32. The number of aromatic hydroxyl groups is 1. The first kappa shape index (κ1) is 18.6. The fraction of sp³-hybridized carbons (Fsp3) is 0.476. The van der Waals surface area contributed by atoms with E-state index >= 15 is 0 Å². The average molecular weight is 412 g/mol. The van der Waals surface area contributed by atoms with Crippen LogP contribution in [0.2, 0.25) is 0 Å². The van der Waals surface area contributed by atoms with E-state index in [0.29, 0.717) is 17.2 Å². The number of hydrogen-bond donors (Lipinski definition) is 2. The number of hydrogen-bond acceptors (Lipinski definition) is 7. The molecule has 2 N–H and O–H groups in total. The minimum absolute atomic E-state index is 0.129. The Bertz CT molecular complexity index is 1100. The molecule has 5 rings (SSSR count). The number of nitrogens with one attached hydrogen (secondary N) is 1. The Kier molecular flexibility index (Phi) is 4.75. The number of benzene rings is 1. The third kappa shape index (κ3) is 3.40. The highest BCUT2D eigenvalue weighted by Crippen LogP contribution is 2.41. The monoisotopic (exact) mass is 411 g/mol. The molecule has 2 aliphatic rings. The van der Waals surface area contributed by atoms with E-state index in [1.54, 1.807) is 15.9 Å². The van der Waals surface area contributed by atoms with E-state index < -0.39 is 0 Å². The van der Waals surface area contributed by atoms with Crippen molar-refractivity contribution in [3.8, 4) is 17.1 Å². The number of thiophene rings is 1. The van der Waals surface area contributed by atoms with E-state index in [4.69, 9.17) is 0 Å². The number of phenolic OH excluding ortho intramolecular Hbond substituents is 1. The van der Waals surface area contributed by atoms with Crippen molar-refractivity contribution >= 4 is 27.2 Å². The number of piperidine rings is 1. The zero-order chi connectivity index (χ0) is 20.0. The standard InChI is InChI=1S/C21H25N5O2S/c1-2-25-10-3-4-13(12-25)22-19-21(28)26(14-5-6-14)20(24-23-19)16-7-8-17-15(18(16)27)9-11-29-17/h7-9,11,13-14,27H,2-6,10,12H2,1H3,(H,22,23)/t13-/m1/s1. The van der Waals surface area contributed by atoms with Gasteiger partial charge in [0.25, 0.3) is 5.56 Å². The molecule has 1 saturated heterocycles. The Labute approximate surface area is 173 Å². The SMILES string of the molecule is CCN1CCC[C@@H](Nc2nnc(-c3ccc4sccc4c3O)n(C3CC3)c2=O)C1. The van der Waals surface area contributed by atoms with Gasteiger partial charge >= 0.3 is 0 Å². The lowest BCUT2D eigenvalue weighted by molar-refractivity contribution is 0.226. The van der Waals surface area contributed by atoms with Crippen LogP contribution in [-0.4, -0.2) is 50.4 Å². The maximum absolute atomic E-state index is 13.3. The Morgan fingerprint density at radius 2 is 2.10 bits per heavy atom. The molecule has 2 aromatic heterocycles. The van der Waals surface area contributed by atoms with Gasteiger partial charge in [-0.25, -0.2) is 0 Å². The van der Waals surface area contributed by atoms with Gasteiger partial charge in [-0.2, -0.15) is 0 Å². The summed E-state index contributed by atoms with van der Waals surface area (Å²) in [6.45, 7) is 5.20. The summed E-state index contributed by atoms with van der Waals surface area (Å²) in [4.78, 5) is 15.7. The molecular formula is C21H25N5O2S.